The van der Waals surface area contributed by atoms with Gasteiger partial charge in [0.05, 0.1) is 23.1 Å². The molecule has 0 bridgehead atoms. The molecule has 1 aromatic carbocycles. The Morgan fingerprint density at radius 3 is 2.52 bits per heavy atom. The van der Waals surface area contributed by atoms with Crippen molar-refractivity contribution in [3.63, 3.8) is 0 Å². The molecule has 1 N–H and O–H groups in total. The first-order valence-corrected chi connectivity index (χ1v) is 6.73. The lowest BCUT2D eigenvalue weighted by Gasteiger charge is -2.08. The maximum absolute atomic E-state index is 12.1. The van der Waals surface area contributed by atoms with Crippen LogP contribution in [0.3, 0.4) is 0 Å². The number of nitrogens with one attached hydrogen (secondary N) is 1. The Bertz CT molecular complexity index is 650. The van der Waals surface area contributed by atoms with E-state index in [1.165, 1.54) is 10.9 Å². The fraction of sp³-hybridized carbons (Fsp3) is 0.231. The molecule has 4 nitrogen and oxygen atoms in total. The Labute approximate surface area is 127 Å². The fourth-order valence-corrected chi connectivity index (χ4v) is 2.02. The molecule has 2 aromatic rings. The second kappa shape index (κ2) is 5.88. The van der Waals surface area contributed by atoms with Gasteiger partial charge >= 0.3 is 6.18 Å². The van der Waals surface area contributed by atoms with Gasteiger partial charge in [-0.1, -0.05) is 15.9 Å². The minimum atomic E-state index is -4.44. The summed E-state index contributed by atoms with van der Waals surface area (Å²) in [5, 5.41) is 5.87. The summed E-state index contributed by atoms with van der Waals surface area (Å²) in [6.07, 6.45) is -3.19. The molecule has 1 heterocycles. The highest BCUT2D eigenvalue weighted by Crippen LogP contribution is 2.18. The molecule has 0 unspecified atom stereocenters. The van der Waals surface area contributed by atoms with Gasteiger partial charge in [-0.25, -0.2) is 4.68 Å². The molecule has 0 spiro atoms. The van der Waals surface area contributed by atoms with Gasteiger partial charge in [-0.05, 0) is 31.2 Å². The predicted molar refractivity (Wildman–Crippen MR) is 74.4 cm³/mol. The maximum Gasteiger partial charge on any atom is 0.405 e. The molecule has 0 atom stereocenters. The van der Waals surface area contributed by atoms with Gasteiger partial charge in [0.1, 0.15) is 6.54 Å². The van der Waals surface area contributed by atoms with Crippen LogP contribution in [0.2, 0.25) is 0 Å². The van der Waals surface area contributed by atoms with Gasteiger partial charge in [-0.3, -0.25) is 4.79 Å². The summed E-state index contributed by atoms with van der Waals surface area (Å²) < 4.78 is 38.7. The molecule has 0 fully saturated rings. The van der Waals surface area contributed by atoms with E-state index < -0.39 is 18.6 Å². The molecule has 0 saturated heterocycles. The van der Waals surface area contributed by atoms with Crippen LogP contribution in [-0.2, 0) is 0 Å². The average Bonchev–Trinajstić information content (AvgIpc) is 2.78. The molecular formula is C13H11BrF3N3O. The number of aromatic nitrogens is 2. The van der Waals surface area contributed by atoms with Crippen LogP contribution >= 0.6 is 15.9 Å². The van der Waals surface area contributed by atoms with E-state index >= 15 is 0 Å². The van der Waals surface area contributed by atoms with Crippen LogP contribution in [0, 0.1) is 6.92 Å². The highest BCUT2D eigenvalue weighted by Gasteiger charge is 2.28. The summed E-state index contributed by atoms with van der Waals surface area (Å²) >= 11 is 3.30. The highest BCUT2D eigenvalue weighted by molar-refractivity contribution is 9.10. The number of amides is 1. The van der Waals surface area contributed by atoms with Crippen molar-refractivity contribution >= 4 is 21.8 Å². The summed E-state index contributed by atoms with van der Waals surface area (Å²) in [5.41, 5.74) is 1.30. The van der Waals surface area contributed by atoms with E-state index in [9.17, 15) is 18.0 Å². The van der Waals surface area contributed by atoms with Crippen LogP contribution < -0.4 is 5.32 Å². The zero-order valence-electron chi connectivity index (χ0n) is 10.9. The van der Waals surface area contributed by atoms with Crippen molar-refractivity contribution in [3.05, 3.63) is 46.2 Å². The lowest BCUT2D eigenvalue weighted by Crippen LogP contribution is -2.33. The molecule has 8 heteroatoms. The third-order valence-electron chi connectivity index (χ3n) is 2.78. The number of hydrogen-bond acceptors (Lipinski definition) is 2. The van der Waals surface area contributed by atoms with Crippen LogP contribution in [0.25, 0.3) is 5.69 Å². The first-order chi connectivity index (χ1) is 9.78. The second-order valence-electron chi connectivity index (χ2n) is 4.33. The van der Waals surface area contributed by atoms with Crippen LogP contribution in [0.4, 0.5) is 13.2 Å². The van der Waals surface area contributed by atoms with E-state index in [4.69, 9.17) is 0 Å². The average molecular weight is 362 g/mol. The zero-order chi connectivity index (χ0) is 15.6. The van der Waals surface area contributed by atoms with Crippen molar-refractivity contribution < 1.29 is 18.0 Å². The SMILES string of the molecule is Cc1c(C(=O)NCC(F)(F)F)cnn1-c1ccc(Br)cc1. The third-order valence-corrected chi connectivity index (χ3v) is 3.30. The van der Waals surface area contributed by atoms with Crippen molar-refractivity contribution in [2.24, 2.45) is 0 Å². The topological polar surface area (TPSA) is 46.9 Å². The molecule has 2 rings (SSSR count). The molecule has 0 saturated carbocycles. The number of rotatable bonds is 3. The summed E-state index contributed by atoms with van der Waals surface area (Å²) in [6, 6.07) is 7.17. The summed E-state index contributed by atoms with van der Waals surface area (Å²) in [5.74, 6) is -0.798. The van der Waals surface area contributed by atoms with Crippen LogP contribution in [0.15, 0.2) is 34.9 Å². The van der Waals surface area contributed by atoms with Gasteiger partial charge < -0.3 is 5.32 Å². The number of alkyl halides is 3. The lowest BCUT2D eigenvalue weighted by molar-refractivity contribution is -0.123. The summed E-state index contributed by atoms with van der Waals surface area (Å²) in [4.78, 5) is 11.7. The van der Waals surface area contributed by atoms with E-state index in [0.717, 1.165) is 4.47 Å². The van der Waals surface area contributed by atoms with Gasteiger partial charge in [0.25, 0.3) is 5.91 Å². The number of benzene rings is 1. The van der Waals surface area contributed by atoms with E-state index in [1.807, 2.05) is 5.32 Å². The lowest BCUT2D eigenvalue weighted by atomic mass is 10.2. The van der Waals surface area contributed by atoms with Crippen molar-refractivity contribution in [1.82, 2.24) is 15.1 Å². The standard InChI is InChI=1S/C13H11BrF3N3O/c1-8-11(12(21)18-7-13(15,16)17)6-19-20(8)10-4-2-9(14)3-5-10/h2-6H,7H2,1H3,(H,18,21). The predicted octanol–water partition coefficient (Wildman–Crippen LogP) is 3.24. The Balaban J connectivity index is 2.20. The van der Waals surface area contributed by atoms with Gasteiger partial charge in [0, 0.05) is 4.47 Å². The molecule has 0 aliphatic rings. The number of hydrogen-bond donors (Lipinski definition) is 1. The second-order valence-corrected chi connectivity index (χ2v) is 5.25. The fourth-order valence-electron chi connectivity index (χ4n) is 1.75. The Kier molecular flexibility index (Phi) is 4.36. The molecule has 112 valence electrons. The normalized spacial score (nSPS) is 11.5. The molecule has 1 amide bonds. The van der Waals surface area contributed by atoms with Gasteiger partial charge in [-0.2, -0.15) is 18.3 Å². The van der Waals surface area contributed by atoms with Gasteiger partial charge in [-0.15, -0.1) is 0 Å². The molecule has 0 aliphatic heterocycles. The zero-order valence-corrected chi connectivity index (χ0v) is 12.5. The number of carbonyl (C=O) groups excluding carboxylic acids is 1. The quantitative estimate of drug-likeness (QED) is 0.912. The van der Waals surface area contributed by atoms with Crippen LogP contribution in [0.5, 0.6) is 0 Å². The van der Waals surface area contributed by atoms with E-state index in [2.05, 4.69) is 21.0 Å². The smallest absolute Gasteiger partial charge is 0.343 e. The van der Waals surface area contributed by atoms with Crippen LogP contribution in [-0.4, -0.2) is 28.4 Å². The molecule has 21 heavy (non-hydrogen) atoms. The highest BCUT2D eigenvalue weighted by atomic mass is 79.9. The van der Waals surface area contributed by atoms with E-state index in [-0.39, 0.29) is 5.56 Å². The number of halogens is 4. The molecule has 0 aliphatic carbocycles. The van der Waals surface area contributed by atoms with Crippen LogP contribution in [0.1, 0.15) is 16.1 Å². The van der Waals surface area contributed by atoms with Crippen molar-refractivity contribution in [2.75, 3.05) is 6.54 Å². The first kappa shape index (κ1) is 15.6. The Hall–Kier alpha value is -1.83. The van der Waals surface area contributed by atoms with Crippen molar-refractivity contribution in [3.8, 4) is 5.69 Å². The third kappa shape index (κ3) is 3.84. The van der Waals surface area contributed by atoms with Crippen molar-refractivity contribution in [2.45, 2.75) is 13.1 Å². The van der Waals surface area contributed by atoms with Gasteiger partial charge in [0.15, 0.2) is 0 Å². The van der Waals surface area contributed by atoms with E-state index in [0.29, 0.717) is 11.4 Å². The first-order valence-electron chi connectivity index (χ1n) is 5.93. The maximum atomic E-state index is 12.1. The Morgan fingerprint density at radius 2 is 1.95 bits per heavy atom. The monoisotopic (exact) mass is 361 g/mol. The van der Waals surface area contributed by atoms with Gasteiger partial charge in [0.2, 0.25) is 0 Å². The minimum Gasteiger partial charge on any atom is -0.343 e. The summed E-state index contributed by atoms with van der Waals surface area (Å²) in [6.45, 7) is 0.256. The Morgan fingerprint density at radius 1 is 1.33 bits per heavy atom. The molecular weight excluding hydrogens is 351 g/mol. The van der Waals surface area contributed by atoms with E-state index in [1.54, 1.807) is 31.2 Å². The summed E-state index contributed by atoms with van der Waals surface area (Å²) in [7, 11) is 0. The molecule has 1 aromatic heterocycles. The number of carbonyl (C=O) groups is 1. The minimum absolute atomic E-state index is 0.113. The van der Waals surface area contributed by atoms with Crippen molar-refractivity contribution in [1.29, 1.82) is 0 Å². The number of nitrogens with zero attached hydrogens (tertiary/aromatic N) is 2. The molecule has 0 radical (unpaired) electrons. The largest absolute Gasteiger partial charge is 0.405 e.